The van der Waals surface area contributed by atoms with E-state index in [-0.39, 0.29) is 6.10 Å². The van der Waals surface area contributed by atoms with E-state index >= 15 is 0 Å². The van der Waals surface area contributed by atoms with E-state index in [1.807, 2.05) is 27.7 Å². The van der Waals surface area contributed by atoms with Crippen LogP contribution in [0.3, 0.4) is 0 Å². The lowest BCUT2D eigenvalue weighted by Crippen LogP contribution is -2.59. The SMILES string of the molecule is CC1(C)CC(OP2(Cl)=NP(Cl)(Cl)=NP(Cl)(Cl)=N2)CC(C)(C)N1[O]. The molecule has 23 heavy (non-hydrogen) atoms. The predicted octanol–water partition coefficient (Wildman–Crippen LogP) is 8.42. The van der Waals surface area contributed by atoms with Gasteiger partial charge in [0.25, 0.3) is 18.6 Å². The Morgan fingerprint density at radius 3 is 1.78 bits per heavy atom. The summed E-state index contributed by atoms with van der Waals surface area (Å²) >= 11 is 30.6. The Kier molecular flexibility index (Phi) is 6.09. The highest BCUT2D eigenvalue weighted by Gasteiger charge is 2.48. The zero-order valence-corrected chi connectivity index (χ0v) is 19.3. The summed E-state index contributed by atoms with van der Waals surface area (Å²) in [4.78, 5) is 0. The van der Waals surface area contributed by atoms with Gasteiger partial charge in [0.2, 0.25) is 0 Å². The fourth-order valence-electron chi connectivity index (χ4n) is 2.93. The summed E-state index contributed by atoms with van der Waals surface area (Å²) in [5.41, 5.74) is -1.24. The normalized spacial score (nSPS) is 35.7. The highest BCUT2D eigenvalue weighted by Crippen LogP contribution is 2.87. The minimum Gasteiger partial charge on any atom is -0.312 e. The highest BCUT2D eigenvalue weighted by molar-refractivity contribution is 8.22. The average Bonchev–Trinajstić information content (AvgIpc) is 2.18. The smallest absolute Gasteiger partial charge is 0.299 e. The van der Waals surface area contributed by atoms with E-state index < -0.39 is 29.7 Å². The molecule has 2 aliphatic heterocycles. The van der Waals surface area contributed by atoms with Gasteiger partial charge < -0.3 is 4.52 Å². The first-order valence-electron chi connectivity index (χ1n) is 6.62. The van der Waals surface area contributed by atoms with Crippen molar-refractivity contribution in [3.8, 4) is 0 Å². The molecule has 0 N–H and O–H groups in total. The lowest BCUT2D eigenvalue weighted by molar-refractivity contribution is -0.296. The Hall–Kier alpha value is 2.02. The molecule has 6 nitrogen and oxygen atoms in total. The molecule has 0 spiro atoms. The van der Waals surface area contributed by atoms with Crippen LogP contribution in [0.2, 0.25) is 0 Å². The first-order valence-corrected chi connectivity index (χ1v) is 16.1. The molecule has 0 aromatic rings. The Morgan fingerprint density at radius 1 is 0.913 bits per heavy atom. The van der Waals surface area contributed by atoms with Crippen LogP contribution in [-0.4, -0.2) is 22.2 Å². The van der Waals surface area contributed by atoms with Gasteiger partial charge in [-0.05, 0) is 96.7 Å². The summed E-state index contributed by atoms with van der Waals surface area (Å²) in [6.45, 7) is 4.17. The van der Waals surface area contributed by atoms with Crippen LogP contribution in [0, 0.1) is 0 Å². The minimum atomic E-state index is -3.23. The molecule has 2 aliphatic rings. The van der Waals surface area contributed by atoms with Gasteiger partial charge in [-0.2, -0.15) is 13.5 Å². The van der Waals surface area contributed by atoms with Gasteiger partial charge >= 0.3 is 0 Å². The van der Waals surface area contributed by atoms with Crippen LogP contribution in [0.5, 0.6) is 0 Å². The zero-order valence-electron chi connectivity index (χ0n) is 12.8. The fraction of sp³-hybridized carbons (Fsp3) is 1.00. The van der Waals surface area contributed by atoms with Crippen LogP contribution in [0.4, 0.5) is 0 Å². The standard InChI is InChI=1S/C9H17Cl5N4O2P3/c1-8(2)5-7(6-9(3,4)18(8)19)20-23(14)16-21(10,11)15-22(12,13)17-23/h7H,5-6H2,1-4H3. The zero-order chi connectivity index (χ0) is 17.9. The lowest BCUT2D eigenvalue weighted by Gasteiger charge is -2.49. The fourth-order valence-corrected chi connectivity index (χ4v) is 19.8. The van der Waals surface area contributed by atoms with Crippen molar-refractivity contribution in [1.82, 2.24) is 5.06 Å². The molecule has 14 heteroatoms. The Bertz CT molecular complexity index is 645. The summed E-state index contributed by atoms with van der Waals surface area (Å²) < 4.78 is 18.0. The molecule has 1 saturated heterocycles. The number of halogens is 5. The predicted molar refractivity (Wildman–Crippen MR) is 102 cm³/mol. The summed E-state index contributed by atoms with van der Waals surface area (Å²) in [6.07, 6.45) is 0.578. The third-order valence-electron chi connectivity index (χ3n) is 3.49. The first kappa shape index (κ1) is 21.3. The van der Waals surface area contributed by atoms with Gasteiger partial charge in [-0.15, -0.1) is 10.3 Å². The molecule has 0 amide bonds. The van der Waals surface area contributed by atoms with Crippen LogP contribution in [0.25, 0.3) is 0 Å². The van der Waals surface area contributed by atoms with Crippen molar-refractivity contribution in [3.05, 3.63) is 0 Å². The van der Waals surface area contributed by atoms with E-state index in [4.69, 9.17) is 60.7 Å². The minimum absolute atomic E-state index is 0.344. The van der Waals surface area contributed by atoms with Crippen LogP contribution in [0.15, 0.2) is 13.5 Å². The van der Waals surface area contributed by atoms with Crippen molar-refractivity contribution in [3.63, 3.8) is 0 Å². The highest BCUT2D eigenvalue weighted by atomic mass is 35.9. The van der Waals surface area contributed by atoms with E-state index in [1.165, 1.54) is 0 Å². The molecular weight excluding hydrogens is 466 g/mol. The van der Waals surface area contributed by atoms with E-state index in [9.17, 15) is 5.21 Å². The molecule has 0 saturated carbocycles. The number of hydrogen-bond acceptors (Lipinski definition) is 5. The molecule has 135 valence electrons. The van der Waals surface area contributed by atoms with E-state index in [0.29, 0.717) is 12.8 Å². The van der Waals surface area contributed by atoms with Crippen LogP contribution >= 0.6 is 74.8 Å². The van der Waals surface area contributed by atoms with Gasteiger partial charge in [0, 0.05) is 11.1 Å². The molecule has 0 aliphatic carbocycles. The third-order valence-corrected chi connectivity index (χ3v) is 15.6. The molecule has 0 bridgehead atoms. The maximum absolute atomic E-state index is 12.4. The maximum Gasteiger partial charge on any atom is 0.299 e. The molecular formula is C9H17Cl5N4O2P3. The first-order chi connectivity index (χ1) is 10.1. The van der Waals surface area contributed by atoms with Crippen molar-refractivity contribution in [2.24, 2.45) is 13.5 Å². The van der Waals surface area contributed by atoms with Crippen molar-refractivity contribution in [2.45, 2.75) is 57.7 Å². The summed E-state index contributed by atoms with van der Waals surface area (Å²) in [5.74, 6) is -6.23. The molecule has 1 radical (unpaired) electrons. The van der Waals surface area contributed by atoms with Gasteiger partial charge in [0.15, 0.2) is 0 Å². The lowest BCUT2D eigenvalue weighted by atomic mass is 9.80. The second-order valence-electron chi connectivity index (χ2n) is 6.71. The van der Waals surface area contributed by atoms with Gasteiger partial charge in [-0.3, -0.25) is 0 Å². The van der Waals surface area contributed by atoms with Crippen LogP contribution in [-0.2, 0) is 9.73 Å². The van der Waals surface area contributed by atoms with E-state index in [2.05, 4.69) is 13.5 Å². The maximum atomic E-state index is 12.4. The number of nitrogens with zero attached hydrogens (tertiary/aromatic N) is 4. The molecule has 1 fully saturated rings. The van der Waals surface area contributed by atoms with Crippen LogP contribution in [0.1, 0.15) is 40.5 Å². The van der Waals surface area contributed by atoms with E-state index in [1.54, 1.807) is 0 Å². The molecule has 2 heterocycles. The second kappa shape index (κ2) is 6.57. The number of hydrogen-bond donors (Lipinski definition) is 0. The van der Waals surface area contributed by atoms with Gasteiger partial charge in [-0.1, -0.05) is 0 Å². The van der Waals surface area contributed by atoms with Crippen molar-refractivity contribution in [2.75, 3.05) is 0 Å². The molecule has 2 rings (SSSR count). The second-order valence-corrected chi connectivity index (χ2v) is 19.8. The summed E-state index contributed by atoms with van der Waals surface area (Å²) in [7, 11) is 0. The summed E-state index contributed by atoms with van der Waals surface area (Å²) in [6, 6.07) is 0. The number of hydroxylamine groups is 2. The molecule has 0 aromatic heterocycles. The van der Waals surface area contributed by atoms with E-state index in [0.717, 1.165) is 5.06 Å². The molecule has 1 atom stereocenters. The molecule has 0 aromatic carbocycles. The molecule has 1 unspecified atom stereocenters. The van der Waals surface area contributed by atoms with Gasteiger partial charge in [0.1, 0.15) is 0 Å². The topological polar surface area (TPSA) is 69.5 Å². The number of rotatable bonds is 2. The Labute approximate surface area is 160 Å². The largest absolute Gasteiger partial charge is 0.312 e. The average molecular weight is 483 g/mol. The quantitative estimate of drug-likeness (QED) is 0.370. The Balaban J connectivity index is 2.35. The summed E-state index contributed by atoms with van der Waals surface area (Å²) in [5, 5.41) is 13.5. The monoisotopic (exact) mass is 481 g/mol. The third kappa shape index (κ3) is 5.27. The van der Waals surface area contributed by atoms with Gasteiger partial charge in [0.05, 0.1) is 6.10 Å². The number of piperidine rings is 1. The van der Waals surface area contributed by atoms with Crippen molar-refractivity contribution in [1.29, 1.82) is 0 Å². The van der Waals surface area contributed by atoms with Crippen molar-refractivity contribution < 1.29 is 9.73 Å². The van der Waals surface area contributed by atoms with Gasteiger partial charge in [-0.25, -0.2) is 0 Å². The van der Waals surface area contributed by atoms with Crippen molar-refractivity contribution >= 4 is 74.8 Å². The Morgan fingerprint density at radius 2 is 1.35 bits per heavy atom. The van der Waals surface area contributed by atoms with Crippen LogP contribution < -0.4 is 0 Å².